The molecule has 0 aliphatic carbocycles. The Labute approximate surface area is 366 Å². The summed E-state index contributed by atoms with van der Waals surface area (Å²) in [5, 5.41) is 17.0. The highest BCUT2D eigenvalue weighted by Gasteiger charge is 2.07. The Morgan fingerprint density at radius 1 is 0.625 bits per heavy atom. The van der Waals surface area contributed by atoms with Gasteiger partial charge in [-0.2, -0.15) is 0 Å². The van der Waals surface area contributed by atoms with Crippen LogP contribution in [0.1, 0.15) is 62.9 Å². The van der Waals surface area contributed by atoms with E-state index in [2.05, 4.69) is 15.7 Å². The van der Waals surface area contributed by atoms with Crippen LogP contribution in [0, 0.1) is 27.7 Å². The minimum Gasteiger partial charge on any atom is -0.481 e. The van der Waals surface area contributed by atoms with Crippen LogP contribution in [-0.2, 0) is 42.7 Å². The third-order valence-electron chi connectivity index (χ3n) is 9.58. The molecule has 16 heteroatoms. The first-order valence-corrected chi connectivity index (χ1v) is 20.0. The SMILES string of the molecule is Cc1ccc(Cn2cc(C)c(=O)n(C)c2=O)cc1.Cc1cn(Cc2ccc(/C=C/CCC(=O)O)cc2)c(=O)[nH]c1=O.Cc1cn(Cc2ccc(CC=C=CC(=O)O)cc2)c(=O)[nH]c1=O. The smallest absolute Gasteiger partial charge is 0.336 e. The van der Waals surface area contributed by atoms with Crippen LogP contribution in [0.4, 0.5) is 0 Å². The zero-order valence-electron chi connectivity index (χ0n) is 36.2. The quantitative estimate of drug-likeness (QED) is 0.0955. The zero-order chi connectivity index (χ0) is 46.9. The fraction of sp³-hybridized carbons (Fsp3) is 0.229. The van der Waals surface area contributed by atoms with Gasteiger partial charge in [-0.1, -0.05) is 90.5 Å². The van der Waals surface area contributed by atoms with Crippen LogP contribution in [0.3, 0.4) is 0 Å². The van der Waals surface area contributed by atoms with E-state index in [0.29, 0.717) is 49.2 Å². The van der Waals surface area contributed by atoms with E-state index in [0.717, 1.165) is 38.5 Å². The summed E-state index contributed by atoms with van der Waals surface area (Å²) in [7, 11) is 1.50. The van der Waals surface area contributed by atoms with Crippen molar-refractivity contribution in [2.75, 3.05) is 0 Å². The molecule has 0 fully saturated rings. The molecule has 0 spiro atoms. The number of allylic oxidation sites excluding steroid dienone is 1. The zero-order valence-corrected chi connectivity index (χ0v) is 36.2. The molecule has 3 heterocycles. The average Bonchev–Trinajstić information content (AvgIpc) is 3.25. The van der Waals surface area contributed by atoms with Crippen LogP contribution < -0.4 is 33.7 Å². The molecule has 0 radical (unpaired) electrons. The van der Waals surface area contributed by atoms with Crippen molar-refractivity contribution in [1.82, 2.24) is 28.2 Å². The highest BCUT2D eigenvalue weighted by Crippen LogP contribution is 2.10. The number of hydrogen-bond donors (Lipinski definition) is 4. The predicted octanol–water partition coefficient (Wildman–Crippen LogP) is 4.22. The number of aryl methyl sites for hydroxylation is 4. The number of aromatic amines is 2. The number of carbonyl (C=O) groups is 2. The molecule has 16 nitrogen and oxygen atoms in total. The molecule has 0 saturated heterocycles. The van der Waals surface area contributed by atoms with Gasteiger partial charge in [0.1, 0.15) is 0 Å². The Balaban J connectivity index is 0.000000212. The summed E-state index contributed by atoms with van der Waals surface area (Å²) < 4.78 is 5.60. The maximum absolute atomic E-state index is 11.9. The summed E-state index contributed by atoms with van der Waals surface area (Å²) in [6, 6.07) is 23.2. The number of nitrogens with one attached hydrogen (secondary N) is 2. The molecule has 64 heavy (non-hydrogen) atoms. The topological polar surface area (TPSA) is 228 Å². The molecule has 0 atom stereocenters. The Morgan fingerprint density at radius 3 is 1.58 bits per heavy atom. The first-order chi connectivity index (χ1) is 30.4. The number of benzene rings is 3. The summed E-state index contributed by atoms with van der Waals surface area (Å²) >= 11 is 0. The predicted molar refractivity (Wildman–Crippen MR) is 244 cm³/mol. The third-order valence-corrected chi connectivity index (χ3v) is 9.58. The van der Waals surface area contributed by atoms with Gasteiger partial charge in [0, 0.05) is 48.7 Å². The van der Waals surface area contributed by atoms with E-state index in [1.54, 1.807) is 43.8 Å². The second-order valence-electron chi connectivity index (χ2n) is 14.9. The Bertz CT molecular complexity index is 3050. The summed E-state index contributed by atoms with van der Waals surface area (Å²) in [6.07, 6.45) is 12.1. The molecule has 6 aromatic rings. The number of carboxylic acids is 2. The Morgan fingerprint density at radius 2 is 1.08 bits per heavy atom. The van der Waals surface area contributed by atoms with Gasteiger partial charge in [0.05, 0.1) is 25.7 Å². The highest BCUT2D eigenvalue weighted by atomic mass is 16.4. The number of carboxylic acid groups (broad SMARTS) is 2. The maximum Gasteiger partial charge on any atom is 0.336 e. The molecule has 0 unspecified atom stereocenters. The number of rotatable bonds is 13. The van der Waals surface area contributed by atoms with E-state index in [9.17, 15) is 38.4 Å². The van der Waals surface area contributed by atoms with Gasteiger partial charge in [0.25, 0.3) is 16.7 Å². The number of nitrogens with zero attached hydrogens (tertiary/aromatic N) is 4. The van der Waals surface area contributed by atoms with Gasteiger partial charge < -0.3 is 10.2 Å². The van der Waals surface area contributed by atoms with Crippen LogP contribution in [0.25, 0.3) is 6.08 Å². The first kappa shape index (κ1) is 48.6. The highest BCUT2D eigenvalue weighted by molar-refractivity contribution is 5.79. The fourth-order valence-electron chi connectivity index (χ4n) is 6.01. The second kappa shape index (κ2) is 23.2. The van der Waals surface area contributed by atoms with E-state index in [4.69, 9.17) is 10.2 Å². The van der Waals surface area contributed by atoms with Gasteiger partial charge in [0.2, 0.25) is 0 Å². The van der Waals surface area contributed by atoms with Gasteiger partial charge in [-0.3, -0.25) is 47.4 Å². The second-order valence-corrected chi connectivity index (χ2v) is 14.9. The Kier molecular flexibility index (Phi) is 17.6. The van der Waals surface area contributed by atoms with Crippen molar-refractivity contribution in [3.8, 4) is 0 Å². The van der Waals surface area contributed by atoms with Crippen molar-refractivity contribution in [2.45, 2.75) is 66.6 Å². The van der Waals surface area contributed by atoms with Crippen molar-refractivity contribution in [3.05, 3.63) is 228 Å². The Hall–Kier alpha value is -8.10. The lowest BCUT2D eigenvalue weighted by molar-refractivity contribution is -0.137. The van der Waals surface area contributed by atoms with Crippen molar-refractivity contribution in [3.63, 3.8) is 0 Å². The van der Waals surface area contributed by atoms with Gasteiger partial charge in [0.15, 0.2) is 0 Å². The number of H-pyrrole nitrogens is 2. The molecule has 332 valence electrons. The van der Waals surface area contributed by atoms with Crippen LogP contribution in [0.15, 0.2) is 144 Å². The molecule has 0 aliphatic heterocycles. The van der Waals surface area contributed by atoms with Gasteiger partial charge in [-0.05, 0) is 74.4 Å². The minimum absolute atomic E-state index is 0.114. The summed E-state index contributed by atoms with van der Waals surface area (Å²) in [4.78, 5) is 95.0. The standard InChI is InChI=1S/C17H18N2O4.C17H16N2O4.C14H16N2O2/c2*1-12-10-19(17(23)18-16(12)22)11-14-8-6-13(7-9-14)4-2-3-5-15(20)21;1-10-4-6-12(7-5-10)9-16-8-11(2)13(17)15(3)14(16)18/h2,4,6-10H,3,5,11H2,1H3,(H,20,21)(H,18,22,23);2,5-10H,4,11H2,1H3,(H,20,21)(H,18,22,23);4-8H,9H2,1-3H3/b4-2+;;. The maximum atomic E-state index is 11.9. The number of aliphatic carboxylic acids is 2. The van der Waals surface area contributed by atoms with E-state index in [1.165, 1.54) is 27.9 Å². The van der Waals surface area contributed by atoms with Crippen LogP contribution in [-0.4, -0.2) is 50.4 Å². The molecular formula is C48H50N6O10. The van der Waals surface area contributed by atoms with Crippen LogP contribution in [0.2, 0.25) is 0 Å². The third kappa shape index (κ3) is 15.1. The molecule has 3 aromatic carbocycles. The van der Waals surface area contributed by atoms with E-state index >= 15 is 0 Å². The summed E-state index contributed by atoms with van der Waals surface area (Å²) in [6.45, 7) is 8.26. The monoisotopic (exact) mass is 870 g/mol. The van der Waals surface area contributed by atoms with E-state index in [-0.39, 0.29) is 28.8 Å². The summed E-state index contributed by atoms with van der Waals surface area (Å²) in [5.74, 6) is -1.84. The molecule has 4 N–H and O–H groups in total. The normalized spacial score (nSPS) is 10.5. The summed E-state index contributed by atoms with van der Waals surface area (Å²) in [5.41, 5.74) is 8.04. The first-order valence-electron chi connectivity index (χ1n) is 20.0. The molecule has 0 amide bonds. The minimum atomic E-state index is -1.03. The molecule has 0 aliphatic rings. The fourth-order valence-corrected chi connectivity index (χ4v) is 6.01. The van der Waals surface area contributed by atoms with Gasteiger partial charge in [-0.15, -0.1) is 5.73 Å². The molecular weight excluding hydrogens is 821 g/mol. The van der Waals surface area contributed by atoms with Gasteiger partial charge >= 0.3 is 29.0 Å². The lowest BCUT2D eigenvalue weighted by Crippen LogP contribution is -2.38. The average molecular weight is 871 g/mol. The van der Waals surface area contributed by atoms with Crippen molar-refractivity contribution in [2.24, 2.45) is 7.05 Å². The largest absolute Gasteiger partial charge is 0.481 e. The molecule has 0 bridgehead atoms. The van der Waals surface area contributed by atoms with E-state index < -0.39 is 23.3 Å². The van der Waals surface area contributed by atoms with Crippen molar-refractivity contribution < 1.29 is 19.8 Å². The van der Waals surface area contributed by atoms with Crippen molar-refractivity contribution in [1.29, 1.82) is 0 Å². The number of aromatic nitrogens is 6. The van der Waals surface area contributed by atoms with Crippen molar-refractivity contribution >= 4 is 18.0 Å². The molecule has 0 saturated carbocycles. The lowest BCUT2D eigenvalue weighted by Gasteiger charge is -2.09. The van der Waals surface area contributed by atoms with Crippen LogP contribution in [0.5, 0.6) is 0 Å². The van der Waals surface area contributed by atoms with Crippen LogP contribution >= 0.6 is 0 Å². The molecule has 3 aromatic heterocycles. The van der Waals surface area contributed by atoms with Gasteiger partial charge in [-0.25, -0.2) is 19.2 Å². The van der Waals surface area contributed by atoms with E-state index in [1.807, 2.05) is 91.9 Å². The lowest BCUT2D eigenvalue weighted by atomic mass is 10.1. The molecule has 6 rings (SSSR count). The number of hydrogen-bond acceptors (Lipinski definition) is 8.